The maximum Gasteiger partial charge on any atom is 0.255 e. The van der Waals surface area contributed by atoms with Gasteiger partial charge in [0.05, 0.1) is 0 Å². The fourth-order valence-corrected chi connectivity index (χ4v) is 6.48. The van der Waals surface area contributed by atoms with Crippen molar-refractivity contribution in [2.75, 3.05) is 13.1 Å². The largest absolute Gasteiger partial charge is 0.486 e. The van der Waals surface area contributed by atoms with Crippen molar-refractivity contribution >= 4 is 17.7 Å². The highest BCUT2D eigenvalue weighted by atomic mass is 19.1. The molecule has 6 rings (SSSR count). The Morgan fingerprint density at radius 3 is 2.47 bits per heavy atom. The van der Waals surface area contributed by atoms with E-state index in [9.17, 15) is 14.4 Å². The molecule has 3 aliphatic heterocycles. The molecule has 2 saturated carbocycles. The van der Waals surface area contributed by atoms with Crippen molar-refractivity contribution in [1.82, 2.24) is 15.1 Å². The first-order chi connectivity index (χ1) is 16.5. The summed E-state index contributed by atoms with van der Waals surface area (Å²) in [5.41, 5.74) is 0.952. The molecule has 1 unspecified atom stereocenters. The van der Waals surface area contributed by atoms with E-state index in [-0.39, 0.29) is 48.6 Å². The van der Waals surface area contributed by atoms with Crippen LogP contribution in [0.2, 0.25) is 0 Å². The normalized spacial score (nSPS) is 30.6. The minimum absolute atomic E-state index is 0.0491. The zero-order chi connectivity index (χ0) is 23.4. The first-order valence-electron chi connectivity index (χ1n) is 12.9. The number of amides is 3. The molecule has 2 saturated heterocycles. The van der Waals surface area contributed by atoms with Crippen LogP contribution >= 0.6 is 0 Å². The minimum atomic E-state index is -0.706. The molecule has 5 aliphatic rings. The van der Waals surface area contributed by atoms with Crippen LogP contribution in [0.3, 0.4) is 0 Å². The van der Waals surface area contributed by atoms with Gasteiger partial charge in [-0.2, -0.15) is 0 Å². The number of halogens is 1. The van der Waals surface area contributed by atoms with Gasteiger partial charge in [-0.3, -0.25) is 24.6 Å². The van der Waals surface area contributed by atoms with Crippen molar-refractivity contribution in [1.29, 1.82) is 0 Å². The Bertz CT molecular complexity index is 1020. The smallest absolute Gasteiger partial charge is 0.255 e. The molecule has 2 aliphatic carbocycles. The molecule has 8 heteroatoms. The predicted molar refractivity (Wildman–Crippen MR) is 122 cm³/mol. The van der Waals surface area contributed by atoms with E-state index in [1.165, 1.54) is 36.6 Å². The molecule has 1 aromatic carbocycles. The molecule has 0 spiro atoms. The van der Waals surface area contributed by atoms with Gasteiger partial charge in [-0.05, 0) is 55.2 Å². The number of fused-ring (bicyclic) bond motifs is 1. The quantitative estimate of drug-likeness (QED) is 0.671. The van der Waals surface area contributed by atoms with E-state index in [2.05, 4.69) is 10.2 Å². The van der Waals surface area contributed by atoms with Crippen molar-refractivity contribution in [2.45, 2.75) is 82.5 Å². The van der Waals surface area contributed by atoms with Crippen molar-refractivity contribution in [3.8, 4) is 5.75 Å². The summed E-state index contributed by atoms with van der Waals surface area (Å²) in [4.78, 5) is 40.7. The van der Waals surface area contributed by atoms with Crippen molar-refractivity contribution in [3.63, 3.8) is 0 Å². The van der Waals surface area contributed by atoms with Crippen LogP contribution in [0.5, 0.6) is 5.75 Å². The number of rotatable bonds is 5. The molecular formula is C26H32FN3O4. The van der Waals surface area contributed by atoms with Crippen molar-refractivity contribution in [3.05, 3.63) is 29.1 Å². The Morgan fingerprint density at radius 2 is 1.74 bits per heavy atom. The maximum atomic E-state index is 15.1. The van der Waals surface area contributed by atoms with Crippen LogP contribution in [0.25, 0.3) is 0 Å². The first-order valence-corrected chi connectivity index (χ1v) is 12.9. The Balaban J connectivity index is 1.15. The summed E-state index contributed by atoms with van der Waals surface area (Å²) < 4.78 is 21.4. The monoisotopic (exact) mass is 469 g/mol. The standard InChI is InChI=1S/C26H32FN3O4/c27-19-11-18-16(14-30(26(18)33)21-8-9-24(31)28-25(21)32)10-23(19)34-22-7-2-1-6-20(22)29-12-17(13-29)15-4-3-5-15/h10-11,15,17,20-22H,1-9,12-14H2,(H,28,31,32)/t20-,21?,22+/m0/s1. The number of hydrogen-bond acceptors (Lipinski definition) is 5. The number of ether oxygens (including phenoxy) is 1. The molecule has 3 amide bonds. The van der Waals surface area contributed by atoms with Gasteiger partial charge in [0, 0.05) is 37.7 Å². The highest BCUT2D eigenvalue weighted by molar-refractivity contribution is 6.05. The molecule has 1 N–H and O–H groups in total. The number of carbonyl (C=O) groups is 3. The van der Waals surface area contributed by atoms with Crippen LogP contribution in [0.1, 0.15) is 73.7 Å². The molecule has 1 aromatic rings. The molecule has 7 nitrogen and oxygen atoms in total. The number of hydrogen-bond donors (Lipinski definition) is 1. The van der Waals surface area contributed by atoms with Gasteiger partial charge in [-0.25, -0.2) is 4.39 Å². The number of carbonyl (C=O) groups excluding carboxylic acids is 3. The number of imide groups is 1. The molecule has 34 heavy (non-hydrogen) atoms. The van der Waals surface area contributed by atoms with E-state index in [4.69, 9.17) is 4.74 Å². The second kappa shape index (κ2) is 8.63. The van der Waals surface area contributed by atoms with Gasteiger partial charge in [0.15, 0.2) is 11.6 Å². The lowest BCUT2D eigenvalue weighted by molar-refractivity contribution is -0.136. The molecule has 3 atom stereocenters. The zero-order valence-electron chi connectivity index (χ0n) is 19.4. The first kappa shape index (κ1) is 22.0. The number of nitrogens with zero attached hydrogens (tertiary/aromatic N) is 2. The van der Waals surface area contributed by atoms with E-state index >= 15 is 4.39 Å². The van der Waals surface area contributed by atoms with Gasteiger partial charge in [0.2, 0.25) is 11.8 Å². The van der Waals surface area contributed by atoms with Crippen LogP contribution in [-0.2, 0) is 16.1 Å². The van der Waals surface area contributed by atoms with Crippen LogP contribution in [-0.4, -0.2) is 58.8 Å². The molecule has 3 heterocycles. The summed E-state index contributed by atoms with van der Waals surface area (Å²) >= 11 is 0. The van der Waals surface area contributed by atoms with Gasteiger partial charge >= 0.3 is 0 Å². The Labute approximate surface area is 199 Å². The summed E-state index contributed by atoms with van der Waals surface area (Å²) in [5, 5.41) is 2.30. The molecular weight excluding hydrogens is 437 g/mol. The summed E-state index contributed by atoms with van der Waals surface area (Å²) in [6, 6.07) is 2.52. The topological polar surface area (TPSA) is 79.0 Å². The number of nitrogens with one attached hydrogen (secondary N) is 1. The molecule has 0 bridgehead atoms. The summed E-state index contributed by atoms with van der Waals surface area (Å²) in [7, 11) is 0. The Morgan fingerprint density at radius 1 is 0.941 bits per heavy atom. The predicted octanol–water partition coefficient (Wildman–Crippen LogP) is 3.01. The maximum absolute atomic E-state index is 15.1. The lowest BCUT2D eigenvalue weighted by Gasteiger charge is -2.52. The number of benzene rings is 1. The average molecular weight is 470 g/mol. The van der Waals surface area contributed by atoms with E-state index < -0.39 is 17.8 Å². The average Bonchev–Trinajstić information content (AvgIpc) is 3.05. The third-order valence-corrected chi connectivity index (χ3v) is 8.75. The second-order valence-electron chi connectivity index (χ2n) is 10.8. The summed E-state index contributed by atoms with van der Waals surface area (Å²) in [6.07, 6.45) is 8.80. The third-order valence-electron chi connectivity index (χ3n) is 8.75. The summed E-state index contributed by atoms with van der Waals surface area (Å²) in [5.74, 6) is 0.232. The minimum Gasteiger partial charge on any atom is -0.486 e. The van der Waals surface area contributed by atoms with E-state index in [1.54, 1.807) is 6.07 Å². The fourth-order valence-electron chi connectivity index (χ4n) is 6.48. The number of likely N-dealkylation sites (tertiary alicyclic amines) is 1. The second-order valence-corrected chi connectivity index (χ2v) is 10.8. The van der Waals surface area contributed by atoms with E-state index in [0.29, 0.717) is 11.6 Å². The molecule has 0 radical (unpaired) electrons. The van der Waals surface area contributed by atoms with Gasteiger partial charge in [0.25, 0.3) is 5.91 Å². The fraction of sp³-hybridized carbons (Fsp3) is 0.654. The van der Waals surface area contributed by atoms with E-state index in [0.717, 1.165) is 44.2 Å². The van der Waals surface area contributed by atoms with E-state index in [1.807, 2.05) is 0 Å². The van der Waals surface area contributed by atoms with Gasteiger partial charge in [-0.1, -0.05) is 25.7 Å². The Kier molecular flexibility index (Phi) is 5.59. The summed E-state index contributed by atoms with van der Waals surface area (Å²) in [6.45, 7) is 2.49. The van der Waals surface area contributed by atoms with Gasteiger partial charge in [0.1, 0.15) is 12.1 Å². The van der Waals surface area contributed by atoms with Gasteiger partial charge in [-0.15, -0.1) is 0 Å². The van der Waals surface area contributed by atoms with Gasteiger partial charge < -0.3 is 9.64 Å². The van der Waals surface area contributed by atoms with Crippen LogP contribution in [0, 0.1) is 17.7 Å². The van der Waals surface area contributed by atoms with Crippen molar-refractivity contribution < 1.29 is 23.5 Å². The van der Waals surface area contributed by atoms with Crippen LogP contribution < -0.4 is 10.1 Å². The van der Waals surface area contributed by atoms with Crippen LogP contribution in [0.15, 0.2) is 12.1 Å². The highest BCUT2D eigenvalue weighted by Crippen LogP contribution is 2.41. The highest BCUT2D eigenvalue weighted by Gasteiger charge is 2.43. The zero-order valence-corrected chi connectivity index (χ0v) is 19.4. The SMILES string of the molecule is O=C1CCC(N2Cc3cc(O[C@@H]4CCCC[C@@H]4N4CC(C5CCC5)C4)c(F)cc3C2=O)C(=O)N1. The number of piperidine rings is 1. The lowest BCUT2D eigenvalue weighted by Crippen LogP contribution is -2.60. The third kappa shape index (κ3) is 3.80. The van der Waals surface area contributed by atoms with Crippen LogP contribution in [0.4, 0.5) is 4.39 Å². The Hall–Kier alpha value is -2.48. The van der Waals surface area contributed by atoms with Crippen molar-refractivity contribution in [2.24, 2.45) is 11.8 Å². The molecule has 182 valence electrons. The molecule has 0 aromatic heterocycles. The molecule has 4 fully saturated rings. The lowest BCUT2D eigenvalue weighted by atomic mass is 9.71.